The molecule has 4 nitrogen and oxygen atoms in total. The Balaban J connectivity index is 3.63. The third-order valence-electron chi connectivity index (χ3n) is 1.58. The number of nitrogens with two attached hydrogens (primary N) is 1. The Morgan fingerprint density at radius 3 is 2.42 bits per heavy atom. The van der Waals surface area contributed by atoms with Crippen LogP contribution in [0, 0.1) is 0 Å². The molecule has 0 aliphatic carbocycles. The molecule has 70 valence electrons. The number of ketones is 1. The van der Waals surface area contributed by atoms with Gasteiger partial charge in [0.05, 0.1) is 6.04 Å². The zero-order valence-corrected chi connectivity index (χ0v) is 7.25. The van der Waals surface area contributed by atoms with Crippen LogP contribution in [-0.4, -0.2) is 22.9 Å². The van der Waals surface area contributed by atoms with Crippen molar-refractivity contribution < 1.29 is 14.7 Å². The SMILES string of the molecule is CCCC(=O)C(N)CCC(=O)O. The van der Waals surface area contributed by atoms with Crippen molar-refractivity contribution in [2.24, 2.45) is 5.73 Å². The van der Waals surface area contributed by atoms with Gasteiger partial charge in [-0.05, 0) is 12.8 Å². The van der Waals surface area contributed by atoms with Crippen molar-refractivity contribution in [1.82, 2.24) is 0 Å². The maximum atomic E-state index is 11.0. The number of hydrogen-bond acceptors (Lipinski definition) is 3. The van der Waals surface area contributed by atoms with Gasteiger partial charge in [0.15, 0.2) is 0 Å². The molecule has 1 atom stereocenters. The fourth-order valence-corrected chi connectivity index (χ4v) is 0.872. The van der Waals surface area contributed by atoms with Crippen molar-refractivity contribution >= 4 is 11.8 Å². The van der Waals surface area contributed by atoms with Gasteiger partial charge >= 0.3 is 5.97 Å². The molecule has 0 aliphatic rings. The summed E-state index contributed by atoms with van der Waals surface area (Å²) in [5.41, 5.74) is 5.44. The van der Waals surface area contributed by atoms with Gasteiger partial charge < -0.3 is 10.8 Å². The van der Waals surface area contributed by atoms with Crippen LogP contribution in [0.2, 0.25) is 0 Å². The second-order valence-electron chi connectivity index (χ2n) is 2.76. The highest BCUT2D eigenvalue weighted by Crippen LogP contribution is 2.00. The van der Waals surface area contributed by atoms with E-state index in [9.17, 15) is 9.59 Å². The number of hydrogen-bond donors (Lipinski definition) is 2. The van der Waals surface area contributed by atoms with Crippen LogP contribution in [0.5, 0.6) is 0 Å². The molecule has 0 bridgehead atoms. The molecule has 0 fully saturated rings. The van der Waals surface area contributed by atoms with E-state index in [0.29, 0.717) is 6.42 Å². The molecule has 0 amide bonds. The molecule has 0 aromatic carbocycles. The number of carboxylic acid groups (broad SMARTS) is 1. The first kappa shape index (κ1) is 11.1. The Labute approximate surface area is 71.8 Å². The average Bonchev–Trinajstić information content (AvgIpc) is 2.00. The predicted molar refractivity (Wildman–Crippen MR) is 44.8 cm³/mol. The topological polar surface area (TPSA) is 80.4 Å². The Morgan fingerprint density at radius 2 is 2.00 bits per heavy atom. The number of rotatable bonds is 6. The summed E-state index contributed by atoms with van der Waals surface area (Å²) >= 11 is 0. The van der Waals surface area contributed by atoms with E-state index >= 15 is 0 Å². The third kappa shape index (κ3) is 4.85. The summed E-state index contributed by atoms with van der Waals surface area (Å²) in [6.45, 7) is 1.89. The van der Waals surface area contributed by atoms with Gasteiger partial charge in [-0.25, -0.2) is 0 Å². The van der Waals surface area contributed by atoms with Gasteiger partial charge in [0.2, 0.25) is 0 Å². The molecule has 0 spiro atoms. The molecular weight excluding hydrogens is 158 g/mol. The lowest BCUT2D eigenvalue weighted by Gasteiger charge is -2.07. The number of aliphatic carboxylic acids is 1. The van der Waals surface area contributed by atoms with E-state index in [0.717, 1.165) is 6.42 Å². The van der Waals surface area contributed by atoms with Crippen LogP contribution in [-0.2, 0) is 9.59 Å². The molecule has 0 aromatic heterocycles. The highest BCUT2D eigenvalue weighted by atomic mass is 16.4. The van der Waals surface area contributed by atoms with Crippen LogP contribution in [0.25, 0.3) is 0 Å². The molecule has 0 rings (SSSR count). The first-order valence-corrected chi connectivity index (χ1v) is 4.08. The fourth-order valence-electron chi connectivity index (χ4n) is 0.872. The second-order valence-corrected chi connectivity index (χ2v) is 2.76. The van der Waals surface area contributed by atoms with Crippen LogP contribution >= 0.6 is 0 Å². The molecule has 4 heteroatoms. The lowest BCUT2D eigenvalue weighted by atomic mass is 10.0. The highest BCUT2D eigenvalue weighted by Gasteiger charge is 2.13. The van der Waals surface area contributed by atoms with Crippen LogP contribution in [0.3, 0.4) is 0 Å². The second kappa shape index (κ2) is 5.71. The normalized spacial score (nSPS) is 12.5. The van der Waals surface area contributed by atoms with Gasteiger partial charge in [-0.3, -0.25) is 9.59 Å². The molecule has 0 aromatic rings. The standard InChI is InChI=1S/C8H15NO3/c1-2-3-7(10)6(9)4-5-8(11)12/h6H,2-5,9H2,1H3,(H,11,12). The Morgan fingerprint density at radius 1 is 1.42 bits per heavy atom. The van der Waals surface area contributed by atoms with Crippen LogP contribution < -0.4 is 5.73 Å². The minimum absolute atomic E-state index is 0.0311. The summed E-state index contributed by atoms with van der Waals surface area (Å²) in [5.74, 6) is -0.950. The zero-order valence-electron chi connectivity index (χ0n) is 7.25. The third-order valence-corrected chi connectivity index (χ3v) is 1.58. The minimum atomic E-state index is -0.908. The summed E-state index contributed by atoms with van der Waals surface area (Å²) in [7, 11) is 0. The van der Waals surface area contributed by atoms with E-state index in [1.54, 1.807) is 0 Å². The first-order valence-electron chi connectivity index (χ1n) is 4.08. The molecule has 0 heterocycles. The van der Waals surface area contributed by atoms with Gasteiger partial charge in [-0.2, -0.15) is 0 Å². The molecule has 0 saturated heterocycles. The number of carbonyl (C=O) groups is 2. The van der Waals surface area contributed by atoms with Gasteiger partial charge in [0, 0.05) is 12.8 Å². The van der Waals surface area contributed by atoms with E-state index in [1.807, 2.05) is 6.92 Å². The summed E-state index contributed by atoms with van der Waals surface area (Å²) < 4.78 is 0. The predicted octanol–water partition coefficient (Wildman–Crippen LogP) is 0.548. The van der Waals surface area contributed by atoms with Crippen molar-refractivity contribution in [1.29, 1.82) is 0 Å². The smallest absolute Gasteiger partial charge is 0.303 e. The van der Waals surface area contributed by atoms with Gasteiger partial charge in [-0.1, -0.05) is 6.92 Å². The van der Waals surface area contributed by atoms with Gasteiger partial charge in [-0.15, -0.1) is 0 Å². The highest BCUT2D eigenvalue weighted by molar-refractivity contribution is 5.84. The first-order chi connectivity index (χ1) is 5.57. The van der Waals surface area contributed by atoms with Crippen LogP contribution in [0.1, 0.15) is 32.6 Å². The summed E-state index contributed by atoms with van der Waals surface area (Å²) in [6, 6.07) is -0.596. The summed E-state index contributed by atoms with van der Waals surface area (Å²) in [4.78, 5) is 21.2. The quantitative estimate of drug-likeness (QED) is 0.614. The molecule has 12 heavy (non-hydrogen) atoms. The number of carbonyl (C=O) groups excluding carboxylic acids is 1. The molecule has 3 N–H and O–H groups in total. The maximum Gasteiger partial charge on any atom is 0.303 e. The van der Waals surface area contributed by atoms with Crippen molar-refractivity contribution in [2.45, 2.75) is 38.6 Å². The van der Waals surface area contributed by atoms with Crippen molar-refractivity contribution in [2.75, 3.05) is 0 Å². The van der Waals surface area contributed by atoms with Gasteiger partial charge in [0.25, 0.3) is 0 Å². The lowest BCUT2D eigenvalue weighted by molar-refractivity contribution is -0.137. The van der Waals surface area contributed by atoms with E-state index in [4.69, 9.17) is 10.8 Å². The largest absolute Gasteiger partial charge is 0.481 e. The van der Waals surface area contributed by atoms with E-state index in [1.165, 1.54) is 0 Å². The zero-order chi connectivity index (χ0) is 9.56. The average molecular weight is 173 g/mol. The summed E-state index contributed by atoms with van der Waals surface area (Å²) in [5, 5.41) is 8.31. The van der Waals surface area contributed by atoms with E-state index in [2.05, 4.69) is 0 Å². The molecular formula is C8H15NO3. The Hall–Kier alpha value is -0.900. The molecule has 1 unspecified atom stereocenters. The number of Topliss-reactive ketones (excluding diaryl/α,β-unsaturated/α-hetero) is 1. The van der Waals surface area contributed by atoms with Crippen LogP contribution in [0.4, 0.5) is 0 Å². The Kier molecular flexibility index (Phi) is 5.28. The van der Waals surface area contributed by atoms with Crippen molar-refractivity contribution in [3.8, 4) is 0 Å². The summed E-state index contributed by atoms with van der Waals surface area (Å²) in [6.07, 6.45) is 1.42. The minimum Gasteiger partial charge on any atom is -0.481 e. The molecule has 0 aliphatic heterocycles. The lowest BCUT2D eigenvalue weighted by Crippen LogP contribution is -2.30. The fraction of sp³-hybridized carbons (Fsp3) is 0.750. The number of carboxylic acids is 1. The van der Waals surface area contributed by atoms with Crippen molar-refractivity contribution in [3.63, 3.8) is 0 Å². The monoisotopic (exact) mass is 173 g/mol. The van der Waals surface area contributed by atoms with Crippen LogP contribution in [0.15, 0.2) is 0 Å². The molecule has 0 saturated carbocycles. The van der Waals surface area contributed by atoms with E-state index in [-0.39, 0.29) is 18.6 Å². The van der Waals surface area contributed by atoms with Crippen molar-refractivity contribution in [3.05, 3.63) is 0 Å². The van der Waals surface area contributed by atoms with E-state index < -0.39 is 12.0 Å². The molecule has 0 radical (unpaired) electrons. The van der Waals surface area contributed by atoms with Gasteiger partial charge in [0.1, 0.15) is 5.78 Å². The Bertz CT molecular complexity index is 168. The maximum absolute atomic E-state index is 11.0.